The highest BCUT2D eigenvalue weighted by Gasteiger charge is 2.22. The van der Waals surface area contributed by atoms with Crippen molar-refractivity contribution in [1.29, 1.82) is 0 Å². The van der Waals surface area contributed by atoms with Gasteiger partial charge in [-0.25, -0.2) is 4.79 Å². The molecule has 1 N–H and O–H groups in total. The Kier molecular flexibility index (Phi) is 5.74. The minimum atomic E-state index is -0.552. The quantitative estimate of drug-likeness (QED) is 0.849. The van der Waals surface area contributed by atoms with E-state index in [1.54, 1.807) is 27.7 Å². The van der Waals surface area contributed by atoms with Gasteiger partial charge in [0.25, 0.3) is 0 Å². The molecule has 1 unspecified atom stereocenters. The van der Waals surface area contributed by atoms with Gasteiger partial charge in [0.05, 0.1) is 11.3 Å². The Hall–Kier alpha value is -1.85. The number of ether oxygens (including phenoxy) is 1. The molecule has 22 heavy (non-hydrogen) atoms. The molecule has 0 radical (unpaired) electrons. The molecule has 124 valence electrons. The molecule has 1 amide bonds. The Bertz CT molecular complexity index is 556. The highest BCUT2D eigenvalue weighted by Crippen LogP contribution is 2.16. The number of carbonyl (C=O) groups excluding carboxylic acids is 2. The van der Waals surface area contributed by atoms with Crippen molar-refractivity contribution < 1.29 is 14.3 Å². The molecule has 0 bridgehead atoms. The largest absolute Gasteiger partial charge is 0.444 e. The average molecular weight is 309 g/mol. The van der Waals surface area contributed by atoms with Crippen molar-refractivity contribution in [1.82, 2.24) is 15.1 Å². The van der Waals surface area contributed by atoms with Gasteiger partial charge < -0.3 is 10.1 Å². The smallest absolute Gasteiger partial charge is 0.407 e. The fourth-order valence-corrected chi connectivity index (χ4v) is 2.35. The lowest BCUT2D eigenvalue weighted by atomic mass is 10.0. The van der Waals surface area contributed by atoms with Gasteiger partial charge >= 0.3 is 6.09 Å². The molecular formula is C16H27N3O3. The van der Waals surface area contributed by atoms with E-state index in [0.29, 0.717) is 5.56 Å². The second-order valence-corrected chi connectivity index (χ2v) is 6.54. The van der Waals surface area contributed by atoms with E-state index in [2.05, 4.69) is 10.4 Å². The minimum Gasteiger partial charge on any atom is -0.444 e. The molecule has 1 aromatic heterocycles. The van der Waals surface area contributed by atoms with Gasteiger partial charge in [0.15, 0.2) is 5.78 Å². The molecule has 0 aromatic carbocycles. The number of nitrogens with one attached hydrogen (secondary N) is 1. The molecule has 0 aliphatic rings. The number of ketones is 1. The summed E-state index contributed by atoms with van der Waals surface area (Å²) in [5.41, 5.74) is 1.70. The Morgan fingerprint density at radius 1 is 1.32 bits per heavy atom. The van der Waals surface area contributed by atoms with E-state index in [-0.39, 0.29) is 18.2 Å². The molecule has 0 saturated heterocycles. The number of hydrogen-bond donors (Lipinski definition) is 1. The van der Waals surface area contributed by atoms with Crippen molar-refractivity contribution >= 4 is 11.9 Å². The first-order valence-electron chi connectivity index (χ1n) is 7.61. The van der Waals surface area contributed by atoms with E-state index >= 15 is 0 Å². The SMILES string of the molecule is CCn1nc(C)c(C(=O)CC(C)NC(=O)OC(C)(C)C)c1C. The summed E-state index contributed by atoms with van der Waals surface area (Å²) in [6, 6.07) is -0.300. The van der Waals surface area contributed by atoms with Crippen LogP contribution < -0.4 is 5.32 Å². The Morgan fingerprint density at radius 2 is 1.91 bits per heavy atom. The lowest BCUT2D eigenvalue weighted by molar-refractivity contribution is 0.0506. The van der Waals surface area contributed by atoms with Crippen molar-refractivity contribution in [2.75, 3.05) is 0 Å². The summed E-state index contributed by atoms with van der Waals surface area (Å²) in [6.45, 7) is 13.6. The molecule has 0 fully saturated rings. The van der Waals surface area contributed by atoms with Crippen molar-refractivity contribution in [2.45, 2.75) is 73.1 Å². The van der Waals surface area contributed by atoms with Crippen molar-refractivity contribution in [3.05, 3.63) is 17.0 Å². The molecule has 1 heterocycles. The van der Waals surface area contributed by atoms with Crippen LogP contribution >= 0.6 is 0 Å². The second-order valence-electron chi connectivity index (χ2n) is 6.54. The Balaban J connectivity index is 2.69. The zero-order valence-corrected chi connectivity index (χ0v) is 14.6. The number of nitrogens with zero attached hydrogens (tertiary/aromatic N) is 2. The highest BCUT2D eigenvalue weighted by atomic mass is 16.6. The molecule has 0 aliphatic carbocycles. The van der Waals surface area contributed by atoms with E-state index in [1.807, 2.05) is 25.5 Å². The molecule has 0 saturated carbocycles. The zero-order chi connectivity index (χ0) is 17.1. The molecule has 6 heteroatoms. The topological polar surface area (TPSA) is 73.2 Å². The van der Waals surface area contributed by atoms with Gasteiger partial charge in [0, 0.05) is 24.7 Å². The van der Waals surface area contributed by atoms with Gasteiger partial charge in [0.2, 0.25) is 0 Å². The number of alkyl carbamates (subject to hydrolysis) is 1. The number of carbonyl (C=O) groups is 2. The summed E-state index contributed by atoms with van der Waals surface area (Å²) in [7, 11) is 0. The van der Waals surface area contributed by atoms with Crippen LogP contribution in [0.25, 0.3) is 0 Å². The number of hydrogen-bond acceptors (Lipinski definition) is 4. The average Bonchev–Trinajstić information content (AvgIpc) is 2.60. The van der Waals surface area contributed by atoms with E-state index in [9.17, 15) is 9.59 Å². The maximum absolute atomic E-state index is 12.4. The molecular weight excluding hydrogens is 282 g/mol. The maximum Gasteiger partial charge on any atom is 0.407 e. The fraction of sp³-hybridized carbons (Fsp3) is 0.688. The van der Waals surface area contributed by atoms with Crippen LogP contribution in [0.1, 0.15) is 62.8 Å². The summed E-state index contributed by atoms with van der Waals surface area (Å²) in [5, 5.41) is 7.04. The van der Waals surface area contributed by atoms with Gasteiger partial charge in [-0.15, -0.1) is 0 Å². The van der Waals surface area contributed by atoms with Crippen LogP contribution in [0.3, 0.4) is 0 Å². The number of amides is 1. The van der Waals surface area contributed by atoms with E-state index in [0.717, 1.165) is 17.9 Å². The predicted octanol–water partition coefficient (Wildman–Crippen LogP) is 3.01. The number of rotatable bonds is 5. The van der Waals surface area contributed by atoms with Crippen LogP contribution in [0, 0.1) is 13.8 Å². The second kappa shape index (κ2) is 6.94. The normalized spacial score (nSPS) is 12.9. The highest BCUT2D eigenvalue weighted by molar-refractivity contribution is 5.98. The lowest BCUT2D eigenvalue weighted by Crippen LogP contribution is -2.38. The van der Waals surface area contributed by atoms with Crippen molar-refractivity contribution in [3.63, 3.8) is 0 Å². The number of aryl methyl sites for hydroxylation is 2. The molecule has 0 spiro atoms. The van der Waals surface area contributed by atoms with Gasteiger partial charge in [0.1, 0.15) is 5.60 Å². The third-order valence-corrected chi connectivity index (χ3v) is 3.21. The summed E-state index contributed by atoms with van der Waals surface area (Å²) in [4.78, 5) is 24.2. The van der Waals surface area contributed by atoms with Gasteiger partial charge in [-0.3, -0.25) is 9.48 Å². The third-order valence-electron chi connectivity index (χ3n) is 3.21. The van der Waals surface area contributed by atoms with Crippen LogP contribution in [-0.2, 0) is 11.3 Å². The minimum absolute atomic E-state index is 0.0155. The van der Waals surface area contributed by atoms with Crippen LogP contribution in [0.4, 0.5) is 4.79 Å². The molecule has 6 nitrogen and oxygen atoms in total. The van der Waals surface area contributed by atoms with Crippen LogP contribution in [-0.4, -0.2) is 33.3 Å². The fourth-order valence-electron chi connectivity index (χ4n) is 2.35. The first-order valence-corrected chi connectivity index (χ1v) is 7.61. The monoisotopic (exact) mass is 309 g/mol. The van der Waals surface area contributed by atoms with Gasteiger partial charge in [-0.2, -0.15) is 5.10 Å². The van der Waals surface area contributed by atoms with Crippen LogP contribution in [0.5, 0.6) is 0 Å². The van der Waals surface area contributed by atoms with Crippen LogP contribution in [0.15, 0.2) is 0 Å². The van der Waals surface area contributed by atoms with E-state index < -0.39 is 11.7 Å². The zero-order valence-electron chi connectivity index (χ0n) is 14.6. The van der Waals surface area contributed by atoms with Gasteiger partial charge in [-0.05, 0) is 48.5 Å². The number of aromatic nitrogens is 2. The lowest BCUT2D eigenvalue weighted by Gasteiger charge is -2.21. The maximum atomic E-state index is 12.4. The van der Waals surface area contributed by atoms with Crippen molar-refractivity contribution in [2.24, 2.45) is 0 Å². The van der Waals surface area contributed by atoms with Crippen LogP contribution in [0.2, 0.25) is 0 Å². The third kappa shape index (κ3) is 4.86. The first-order chi connectivity index (χ1) is 10.0. The molecule has 1 atom stereocenters. The summed E-state index contributed by atoms with van der Waals surface area (Å²) < 4.78 is 7.00. The van der Waals surface area contributed by atoms with E-state index in [4.69, 9.17) is 4.74 Å². The molecule has 0 aliphatic heterocycles. The van der Waals surface area contributed by atoms with Crippen molar-refractivity contribution in [3.8, 4) is 0 Å². The standard InChI is InChI=1S/C16H27N3O3/c1-8-19-12(4)14(11(3)18-19)13(20)9-10(2)17-15(21)22-16(5,6)7/h10H,8-9H2,1-7H3,(H,17,21). The van der Waals surface area contributed by atoms with E-state index in [1.165, 1.54) is 0 Å². The first kappa shape index (κ1) is 18.2. The number of Topliss-reactive ketones (excluding diaryl/α,β-unsaturated/α-hetero) is 1. The Labute approximate surface area is 132 Å². The summed E-state index contributed by atoms with van der Waals surface area (Å²) in [5.74, 6) is -0.0155. The molecule has 1 aromatic rings. The Morgan fingerprint density at radius 3 is 2.36 bits per heavy atom. The summed E-state index contributed by atoms with van der Waals surface area (Å²) >= 11 is 0. The molecule has 1 rings (SSSR count). The predicted molar refractivity (Wildman–Crippen MR) is 85.2 cm³/mol. The summed E-state index contributed by atoms with van der Waals surface area (Å²) in [6.07, 6.45) is -0.290. The van der Waals surface area contributed by atoms with Gasteiger partial charge in [-0.1, -0.05) is 0 Å².